The van der Waals surface area contributed by atoms with Crippen molar-refractivity contribution in [1.82, 2.24) is 14.8 Å². The van der Waals surface area contributed by atoms with Gasteiger partial charge in [-0.25, -0.2) is 9.69 Å². The van der Waals surface area contributed by atoms with Gasteiger partial charge in [0.15, 0.2) is 0 Å². The molecule has 1 aliphatic heterocycles. The molecular weight excluding hydrogens is 390 g/mol. The average molecular weight is 413 g/mol. The Kier molecular flexibility index (Phi) is 5.08. The predicted molar refractivity (Wildman–Crippen MR) is 118 cm³/mol. The molecule has 2 aliphatic rings. The van der Waals surface area contributed by atoms with Crippen molar-refractivity contribution in [2.75, 3.05) is 5.32 Å². The van der Waals surface area contributed by atoms with E-state index in [4.69, 9.17) is 5.10 Å². The van der Waals surface area contributed by atoms with E-state index in [0.29, 0.717) is 24.5 Å². The maximum atomic E-state index is 13.1. The third-order valence-corrected chi connectivity index (χ3v) is 5.68. The van der Waals surface area contributed by atoms with Crippen LogP contribution in [-0.2, 0) is 29.0 Å². The summed E-state index contributed by atoms with van der Waals surface area (Å²) in [6, 6.07) is 19.5. The molecular formula is C24H23N5O2. The third-order valence-electron chi connectivity index (χ3n) is 5.68. The van der Waals surface area contributed by atoms with Crippen LogP contribution in [0, 0.1) is 0 Å². The summed E-state index contributed by atoms with van der Waals surface area (Å²) in [6.45, 7) is 0.355. The van der Waals surface area contributed by atoms with E-state index in [2.05, 4.69) is 10.4 Å². The monoisotopic (exact) mass is 413 g/mol. The molecule has 2 amide bonds. The van der Waals surface area contributed by atoms with Gasteiger partial charge in [0.05, 0.1) is 17.9 Å². The fourth-order valence-electron chi connectivity index (χ4n) is 4.10. The van der Waals surface area contributed by atoms with Crippen molar-refractivity contribution in [3.63, 3.8) is 0 Å². The molecule has 0 atom stereocenters. The summed E-state index contributed by atoms with van der Waals surface area (Å²) in [5, 5.41) is 13.6. The quantitative estimate of drug-likeness (QED) is 0.696. The van der Waals surface area contributed by atoms with Crippen LogP contribution in [0.1, 0.15) is 36.1 Å². The Morgan fingerprint density at radius 3 is 2.45 bits per heavy atom. The number of nitrogens with zero attached hydrogens (tertiary/aromatic N) is 4. The molecule has 156 valence electrons. The fraction of sp³-hybridized carbons (Fsp3) is 0.250. The van der Waals surface area contributed by atoms with Crippen LogP contribution in [0.15, 0.2) is 65.8 Å². The summed E-state index contributed by atoms with van der Waals surface area (Å²) >= 11 is 0. The molecule has 7 nitrogen and oxygen atoms in total. The zero-order valence-electron chi connectivity index (χ0n) is 17.1. The van der Waals surface area contributed by atoms with Crippen molar-refractivity contribution in [2.45, 2.75) is 38.6 Å². The van der Waals surface area contributed by atoms with Crippen molar-refractivity contribution in [2.24, 2.45) is 5.10 Å². The molecule has 0 spiro atoms. The van der Waals surface area contributed by atoms with E-state index in [1.165, 1.54) is 5.01 Å². The van der Waals surface area contributed by atoms with Gasteiger partial charge < -0.3 is 5.32 Å². The molecule has 0 saturated carbocycles. The molecule has 5 rings (SSSR count). The van der Waals surface area contributed by atoms with Crippen LogP contribution in [0.5, 0.6) is 0 Å². The average Bonchev–Trinajstić information content (AvgIpc) is 3.39. The first-order chi connectivity index (χ1) is 15.2. The van der Waals surface area contributed by atoms with Crippen LogP contribution in [0.4, 0.5) is 5.82 Å². The molecule has 1 aromatic heterocycles. The number of hydrazone groups is 1. The maximum absolute atomic E-state index is 13.1. The number of hydrogen-bond donors (Lipinski definition) is 1. The topological polar surface area (TPSA) is 79.6 Å². The van der Waals surface area contributed by atoms with Crippen molar-refractivity contribution < 1.29 is 9.59 Å². The summed E-state index contributed by atoms with van der Waals surface area (Å²) in [7, 11) is 0. The van der Waals surface area contributed by atoms with Gasteiger partial charge in [0, 0.05) is 18.4 Å². The molecule has 0 unspecified atom stereocenters. The number of carbonyl (C=O) groups is 2. The molecule has 3 aromatic rings. The van der Waals surface area contributed by atoms with Gasteiger partial charge in [0.2, 0.25) is 5.91 Å². The molecule has 1 aliphatic carbocycles. The summed E-state index contributed by atoms with van der Waals surface area (Å²) < 4.78 is 1.80. The van der Waals surface area contributed by atoms with Gasteiger partial charge >= 0.3 is 0 Å². The van der Waals surface area contributed by atoms with Gasteiger partial charge in [-0.3, -0.25) is 9.59 Å². The van der Waals surface area contributed by atoms with Crippen LogP contribution in [-0.4, -0.2) is 32.3 Å². The second kappa shape index (κ2) is 8.18. The second-order valence-corrected chi connectivity index (χ2v) is 7.81. The molecule has 2 aromatic carbocycles. The van der Waals surface area contributed by atoms with Crippen LogP contribution >= 0.6 is 0 Å². The van der Waals surface area contributed by atoms with E-state index in [0.717, 1.165) is 41.8 Å². The lowest BCUT2D eigenvalue weighted by atomic mass is 10.1. The van der Waals surface area contributed by atoms with E-state index < -0.39 is 0 Å². The first kappa shape index (κ1) is 19.2. The largest absolute Gasteiger partial charge is 0.305 e. The molecule has 1 N–H and O–H groups in total. The number of anilines is 1. The number of carbonyl (C=O) groups excluding carboxylic acids is 2. The Bertz CT molecular complexity index is 1150. The van der Waals surface area contributed by atoms with E-state index in [9.17, 15) is 9.59 Å². The van der Waals surface area contributed by atoms with Gasteiger partial charge in [-0.2, -0.15) is 10.2 Å². The zero-order valence-corrected chi connectivity index (χ0v) is 17.1. The van der Waals surface area contributed by atoms with Crippen LogP contribution in [0.2, 0.25) is 0 Å². The molecule has 2 heterocycles. The number of fused-ring (bicyclic) bond motifs is 1. The highest BCUT2D eigenvalue weighted by Crippen LogP contribution is 2.31. The van der Waals surface area contributed by atoms with Crippen LogP contribution < -0.4 is 5.32 Å². The lowest BCUT2D eigenvalue weighted by Crippen LogP contribution is -2.36. The molecule has 31 heavy (non-hydrogen) atoms. The van der Waals surface area contributed by atoms with Gasteiger partial charge in [-0.15, -0.1) is 0 Å². The third kappa shape index (κ3) is 3.86. The number of rotatable bonds is 5. The summed E-state index contributed by atoms with van der Waals surface area (Å²) in [6.07, 6.45) is 3.45. The van der Waals surface area contributed by atoms with Crippen molar-refractivity contribution in [3.8, 4) is 5.69 Å². The minimum absolute atomic E-state index is 0.0735. The lowest BCUT2D eigenvalue weighted by molar-refractivity contribution is -0.132. The van der Waals surface area contributed by atoms with E-state index in [1.807, 2.05) is 60.7 Å². The number of benzene rings is 2. The first-order valence-electron chi connectivity index (χ1n) is 10.6. The highest BCUT2D eigenvalue weighted by Gasteiger charge is 2.28. The lowest BCUT2D eigenvalue weighted by Gasteiger charge is -2.23. The van der Waals surface area contributed by atoms with Crippen LogP contribution in [0.25, 0.3) is 5.69 Å². The van der Waals surface area contributed by atoms with Crippen molar-refractivity contribution >= 4 is 23.3 Å². The maximum Gasteiger partial charge on any atom is 0.273 e. The van der Waals surface area contributed by atoms with Crippen molar-refractivity contribution in [3.05, 3.63) is 77.5 Å². The highest BCUT2D eigenvalue weighted by atomic mass is 16.2. The molecule has 0 bridgehead atoms. The van der Waals surface area contributed by atoms with E-state index in [1.54, 1.807) is 4.68 Å². The molecule has 0 radical (unpaired) electrons. The normalized spacial score (nSPS) is 15.5. The SMILES string of the molecule is O=C(Nc1c2c(nn1-c1ccccc1)CCC2)C1=NN(Cc2ccccc2)C(=O)CC1. The van der Waals surface area contributed by atoms with Gasteiger partial charge in [-0.05, 0) is 37.0 Å². The van der Waals surface area contributed by atoms with Crippen molar-refractivity contribution in [1.29, 1.82) is 0 Å². The second-order valence-electron chi connectivity index (χ2n) is 7.81. The number of nitrogens with one attached hydrogen (secondary N) is 1. The van der Waals surface area contributed by atoms with Gasteiger partial charge in [0.1, 0.15) is 11.5 Å². The first-order valence-corrected chi connectivity index (χ1v) is 10.6. The van der Waals surface area contributed by atoms with Crippen LogP contribution in [0.3, 0.4) is 0 Å². The van der Waals surface area contributed by atoms with Gasteiger partial charge in [-0.1, -0.05) is 48.5 Å². The Balaban J connectivity index is 1.41. The zero-order chi connectivity index (χ0) is 21.2. The number of hydrogen-bond acceptors (Lipinski definition) is 4. The molecule has 0 saturated heterocycles. The number of aromatic nitrogens is 2. The standard InChI is InChI=1S/C24H23N5O2/c30-22-15-14-21(26-28(22)16-17-8-3-1-4-9-17)24(31)25-23-19-12-7-13-20(19)27-29(23)18-10-5-2-6-11-18/h1-6,8-11H,7,12-16H2,(H,25,31). The Labute approximate surface area is 180 Å². The van der Waals surface area contributed by atoms with E-state index in [-0.39, 0.29) is 18.2 Å². The molecule has 7 heteroatoms. The number of para-hydroxylation sites is 1. The summed E-state index contributed by atoms with van der Waals surface area (Å²) in [5.41, 5.74) is 4.36. The Hall–Kier alpha value is -3.74. The summed E-state index contributed by atoms with van der Waals surface area (Å²) in [4.78, 5) is 25.5. The van der Waals surface area contributed by atoms with E-state index >= 15 is 0 Å². The Morgan fingerprint density at radius 2 is 1.68 bits per heavy atom. The summed E-state index contributed by atoms with van der Waals surface area (Å²) in [5.74, 6) is 0.353. The fourth-order valence-corrected chi connectivity index (χ4v) is 4.10. The predicted octanol–water partition coefficient (Wildman–Crippen LogP) is 3.48. The number of aryl methyl sites for hydroxylation is 1. The number of amides is 2. The Morgan fingerprint density at radius 1 is 0.935 bits per heavy atom. The molecule has 0 fully saturated rings. The van der Waals surface area contributed by atoms with Gasteiger partial charge in [0.25, 0.3) is 5.91 Å². The minimum Gasteiger partial charge on any atom is -0.305 e. The highest BCUT2D eigenvalue weighted by molar-refractivity contribution is 6.43. The smallest absolute Gasteiger partial charge is 0.273 e. The minimum atomic E-state index is -0.280.